The summed E-state index contributed by atoms with van der Waals surface area (Å²) in [4.78, 5) is 19.7. The van der Waals surface area contributed by atoms with Crippen LogP contribution in [-0.2, 0) is 19.4 Å². The van der Waals surface area contributed by atoms with Gasteiger partial charge in [-0.15, -0.1) is 11.3 Å². The van der Waals surface area contributed by atoms with Crippen molar-refractivity contribution in [2.45, 2.75) is 50.4 Å². The van der Waals surface area contributed by atoms with Crippen molar-refractivity contribution in [3.63, 3.8) is 0 Å². The SMILES string of the molecule is CCSc1nc2sc3c(c2c(=O)n1CC(O)CO)CCCC3. The lowest BCUT2D eigenvalue weighted by Crippen LogP contribution is -2.30. The van der Waals surface area contributed by atoms with Crippen LogP contribution < -0.4 is 5.56 Å². The first-order chi connectivity index (χ1) is 10.7. The van der Waals surface area contributed by atoms with Crippen molar-refractivity contribution in [1.82, 2.24) is 9.55 Å². The molecule has 0 saturated carbocycles. The molecule has 0 aromatic carbocycles. The van der Waals surface area contributed by atoms with Crippen LogP contribution in [0, 0.1) is 0 Å². The van der Waals surface area contributed by atoms with Crippen molar-refractivity contribution in [1.29, 1.82) is 0 Å². The van der Waals surface area contributed by atoms with Crippen molar-refractivity contribution in [3.8, 4) is 0 Å². The number of hydrogen-bond acceptors (Lipinski definition) is 6. The third-order valence-corrected chi connectivity index (χ3v) is 5.96. The zero-order valence-corrected chi connectivity index (χ0v) is 14.2. The zero-order chi connectivity index (χ0) is 15.7. The molecule has 0 radical (unpaired) electrons. The van der Waals surface area contributed by atoms with Gasteiger partial charge in [-0.05, 0) is 37.0 Å². The van der Waals surface area contributed by atoms with Gasteiger partial charge in [0.15, 0.2) is 5.16 Å². The number of hydrogen-bond donors (Lipinski definition) is 2. The molecule has 3 rings (SSSR count). The second kappa shape index (κ2) is 6.70. The summed E-state index contributed by atoms with van der Waals surface area (Å²) >= 11 is 3.13. The summed E-state index contributed by atoms with van der Waals surface area (Å²) in [6.45, 7) is 1.74. The van der Waals surface area contributed by atoms with Crippen molar-refractivity contribution in [2.24, 2.45) is 0 Å². The molecule has 2 aromatic heterocycles. The van der Waals surface area contributed by atoms with Gasteiger partial charge in [-0.1, -0.05) is 18.7 Å². The van der Waals surface area contributed by atoms with E-state index in [1.54, 1.807) is 11.3 Å². The van der Waals surface area contributed by atoms with Gasteiger partial charge in [0.05, 0.1) is 24.6 Å². The van der Waals surface area contributed by atoms with Gasteiger partial charge >= 0.3 is 0 Å². The molecule has 7 heteroatoms. The molecule has 5 nitrogen and oxygen atoms in total. The van der Waals surface area contributed by atoms with E-state index in [9.17, 15) is 9.90 Å². The molecule has 1 aliphatic rings. The molecule has 1 atom stereocenters. The molecule has 0 saturated heterocycles. The number of aromatic nitrogens is 2. The standard InChI is InChI=1S/C15H20N2O3S2/c1-2-21-15-16-13-12(10-5-3-4-6-11(10)22-13)14(20)17(15)7-9(19)8-18/h9,18-19H,2-8H2,1H3. The van der Waals surface area contributed by atoms with Gasteiger partial charge in [0.25, 0.3) is 5.56 Å². The van der Waals surface area contributed by atoms with E-state index in [4.69, 9.17) is 5.11 Å². The Bertz CT molecular complexity index is 738. The fraction of sp³-hybridized carbons (Fsp3) is 0.600. The Kier molecular flexibility index (Phi) is 4.87. The molecule has 0 spiro atoms. The lowest BCUT2D eigenvalue weighted by molar-refractivity contribution is 0.0780. The van der Waals surface area contributed by atoms with Crippen LogP contribution in [0.1, 0.15) is 30.2 Å². The highest BCUT2D eigenvalue weighted by molar-refractivity contribution is 7.99. The molecule has 120 valence electrons. The molecule has 1 aliphatic carbocycles. The van der Waals surface area contributed by atoms with Crippen LogP contribution in [0.25, 0.3) is 10.2 Å². The summed E-state index contributed by atoms with van der Waals surface area (Å²) < 4.78 is 1.53. The van der Waals surface area contributed by atoms with E-state index in [0.29, 0.717) is 5.16 Å². The molecule has 2 heterocycles. The number of thioether (sulfide) groups is 1. The van der Waals surface area contributed by atoms with Crippen LogP contribution in [0.5, 0.6) is 0 Å². The third-order valence-electron chi connectivity index (χ3n) is 3.92. The molecular weight excluding hydrogens is 320 g/mol. The number of fused-ring (bicyclic) bond motifs is 3. The first kappa shape index (κ1) is 16.0. The second-order valence-corrected chi connectivity index (χ2v) is 7.79. The minimum atomic E-state index is -0.942. The van der Waals surface area contributed by atoms with Gasteiger partial charge < -0.3 is 10.2 Å². The predicted octanol–water partition coefficient (Wildman–Crippen LogP) is 1.80. The summed E-state index contributed by atoms with van der Waals surface area (Å²) in [6, 6.07) is 0. The summed E-state index contributed by atoms with van der Waals surface area (Å²) in [6.07, 6.45) is 3.32. The van der Waals surface area contributed by atoms with Crippen LogP contribution in [-0.4, -0.2) is 38.2 Å². The molecule has 0 aliphatic heterocycles. The lowest BCUT2D eigenvalue weighted by atomic mass is 9.97. The highest BCUT2D eigenvalue weighted by atomic mass is 32.2. The van der Waals surface area contributed by atoms with Crippen molar-refractivity contribution < 1.29 is 10.2 Å². The van der Waals surface area contributed by atoms with E-state index < -0.39 is 6.10 Å². The van der Waals surface area contributed by atoms with Crippen LogP contribution in [0.3, 0.4) is 0 Å². The summed E-state index contributed by atoms with van der Waals surface area (Å²) in [5.41, 5.74) is 1.08. The number of aliphatic hydroxyl groups excluding tert-OH is 2. The largest absolute Gasteiger partial charge is 0.394 e. The first-order valence-electron chi connectivity index (χ1n) is 7.62. The average Bonchev–Trinajstić information content (AvgIpc) is 2.89. The fourth-order valence-corrected chi connectivity index (χ4v) is 4.93. The summed E-state index contributed by atoms with van der Waals surface area (Å²) in [7, 11) is 0. The van der Waals surface area contributed by atoms with Gasteiger partial charge in [0.2, 0.25) is 0 Å². The van der Waals surface area contributed by atoms with E-state index in [2.05, 4.69) is 4.98 Å². The molecule has 2 N–H and O–H groups in total. The van der Waals surface area contributed by atoms with Crippen LogP contribution in [0.15, 0.2) is 9.95 Å². The summed E-state index contributed by atoms with van der Waals surface area (Å²) in [5.74, 6) is 0.804. The fourth-order valence-electron chi connectivity index (χ4n) is 2.89. The van der Waals surface area contributed by atoms with Gasteiger partial charge in [-0.3, -0.25) is 9.36 Å². The molecule has 22 heavy (non-hydrogen) atoms. The Morgan fingerprint density at radius 3 is 2.91 bits per heavy atom. The topological polar surface area (TPSA) is 75.4 Å². The van der Waals surface area contributed by atoms with Gasteiger partial charge in [-0.2, -0.15) is 0 Å². The maximum atomic E-state index is 12.9. The number of thiophene rings is 1. The third kappa shape index (κ3) is 2.82. The van der Waals surface area contributed by atoms with Crippen LogP contribution in [0.2, 0.25) is 0 Å². The van der Waals surface area contributed by atoms with E-state index in [-0.39, 0.29) is 18.7 Å². The highest BCUT2D eigenvalue weighted by Crippen LogP contribution is 2.34. The van der Waals surface area contributed by atoms with Crippen molar-refractivity contribution >= 4 is 33.3 Å². The average molecular weight is 340 g/mol. The van der Waals surface area contributed by atoms with E-state index >= 15 is 0 Å². The van der Waals surface area contributed by atoms with Crippen molar-refractivity contribution in [3.05, 3.63) is 20.8 Å². The van der Waals surface area contributed by atoms with Gasteiger partial charge in [0.1, 0.15) is 4.83 Å². The maximum Gasteiger partial charge on any atom is 0.263 e. The number of nitrogens with zero attached hydrogens (tertiary/aromatic N) is 2. The Morgan fingerprint density at radius 1 is 1.41 bits per heavy atom. The van der Waals surface area contributed by atoms with E-state index in [1.807, 2.05) is 6.92 Å². The van der Waals surface area contributed by atoms with Gasteiger partial charge in [0, 0.05) is 4.88 Å². The van der Waals surface area contributed by atoms with E-state index in [0.717, 1.165) is 40.8 Å². The Labute approximate surface area is 137 Å². The zero-order valence-electron chi connectivity index (χ0n) is 12.5. The smallest absolute Gasteiger partial charge is 0.263 e. The molecule has 1 unspecified atom stereocenters. The highest BCUT2D eigenvalue weighted by Gasteiger charge is 2.22. The number of aliphatic hydroxyl groups is 2. The number of aryl methyl sites for hydroxylation is 2. The Hall–Kier alpha value is -0.890. The van der Waals surface area contributed by atoms with Crippen LogP contribution >= 0.6 is 23.1 Å². The van der Waals surface area contributed by atoms with Crippen LogP contribution in [0.4, 0.5) is 0 Å². The first-order valence-corrected chi connectivity index (χ1v) is 9.42. The summed E-state index contributed by atoms with van der Waals surface area (Å²) in [5, 5.41) is 20.2. The predicted molar refractivity (Wildman–Crippen MR) is 90.0 cm³/mol. The minimum Gasteiger partial charge on any atom is -0.394 e. The normalized spacial score (nSPS) is 16.0. The van der Waals surface area contributed by atoms with E-state index in [1.165, 1.54) is 27.6 Å². The molecule has 0 amide bonds. The van der Waals surface area contributed by atoms with Gasteiger partial charge in [-0.25, -0.2) is 4.98 Å². The Morgan fingerprint density at radius 2 is 2.18 bits per heavy atom. The Balaban J connectivity index is 2.20. The molecular formula is C15H20N2O3S2. The maximum absolute atomic E-state index is 12.9. The lowest BCUT2D eigenvalue weighted by Gasteiger charge is -2.15. The monoisotopic (exact) mass is 340 g/mol. The number of rotatable bonds is 5. The van der Waals surface area contributed by atoms with Crippen molar-refractivity contribution in [2.75, 3.05) is 12.4 Å². The molecule has 2 aromatic rings. The minimum absolute atomic E-state index is 0.0761. The molecule has 0 bridgehead atoms. The second-order valence-electron chi connectivity index (χ2n) is 5.47. The quantitative estimate of drug-likeness (QED) is 0.641. The molecule has 0 fully saturated rings.